The molecular formula is C15H21N3. The fraction of sp³-hybridized carbons (Fsp3) is 0.400. The fourth-order valence-corrected chi connectivity index (χ4v) is 2.06. The Balaban J connectivity index is 2.00. The Bertz CT molecular complexity index is 492. The van der Waals surface area contributed by atoms with Crippen LogP contribution in [0, 0.1) is 20.8 Å². The van der Waals surface area contributed by atoms with E-state index < -0.39 is 0 Å². The van der Waals surface area contributed by atoms with Gasteiger partial charge in [0.25, 0.3) is 0 Å². The molecule has 0 saturated carbocycles. The summed E-state index contributed by atoms with van der Waals surface area (Å²) in [5.74, 6) is 0. The second-order valence-electron chi connectivity index (χ2n) is 4.93. The van der Waals surface area contributed by atoms with Crippen LogP contribution in [0.15, 0.2) is 24.3 Å². The van der Waals surface area contributed by atoms with E-state index in [1.165, 1.54) is 16.7 Å². The number of aryl methyl sites for hydroxylation is 3. The number of hydrogen-bond acceptors (Lipinski definition) is 2. The van der Waals surface area contributed by atoms with Crippen LogP contribution in [0.3, 0.4) is 0 Å². The third-order valence-corrected chi connectivity index (χ3v) is 3.44. The summed E-state index contributed by atoms with van der Waals surface area (Å²) < 4.78 is 0. The number of rotatable bonds is 4. The minimum absolute atomic E-state index is 0.347. The van der Waals surface area contributed by atoms with E-state index in [1.54, 1.807) is 0 Å². The molecule has 0 amide bonds. The van der Waals surface area contributed by atoms with Gasteiger partial charge in [-0.15, -0.1) is 0 Å². The van der Waals surface area contributed by atoms with Crippen LogP contribution in [0.25, 0.3) is 0 Å². The van der Waals surface area contributed by atoms with E-state index in [9.17, 15) is 0 Å². The number of nitrogens with one attached hydrogen (secondary N) is 2. The Labute approximate surface area is 109 Å². The lowest BCUT2D eigenvalue weighted by molar-refractivity contribution is 0.572. The Hall–Kier alpha value is -1.61. The van der Waals surface area contributed by atoms with Crippen LogP contribution in [0.1, 0.15) is 41.0 Å². The predicted molar refractivity (Wildman–Crippen MR) is 74.5 cm³/mol. The molecule has 0 bridgehead atoms. The maximum Gasteiger partial charge on any atom is 0.0638 e. The van der Waals surface area contributed by atoms with Crippen molar-refractivity contribution in [2.75, 3.05) is 0 Å². The van der Waals surface area contributed by atoms with Gasteiger partial charge >= 0.3 is 0 Å². The van der Waals surface area contributed by atoms with E-state index in [-0.39, 0.29) is 0 Å². The first kappa shape index (κ1) is 12.8. The molecule has 0 saturated heterocycles. The quantitative estimate of drug-likeness (QED) is 0.866. The number of benzene rings is 1. The second-order valence-corrected chi connectivity index (χ2v) is 4.93. The highest BCUT2D eigenvalue weighted by Crippen LogP contribution is 2.15. The molecule has 0 aliphatic heterocycles. The summed E-state index contributed by atoms with van der Waals surface area (Å²) in [6.45, 7) is 9.25. The molecule has 2 rings (SSSR count). The molecule has 0 aliphatic carbocycles. The summed E-state index contributed by atoms with van der Waals surface area (Å²) in [6, 6.07) is 9.02. The summed E-state index contributed by atoms with van der Waals surface area (Å²) in [7, 11) is 0. The maximum absolute atomic E-state index is 4.21. The zero-order valence-corrected chi connectivity index (χ0v) is 11.5. The van der Waals surface area contributed by atoms with E-state index in [2.05, 4.69) is 60.6 Å². The molecular weight excluding hydrogens is 222 g/mol. The normalized spacial score (nSPS) is 12.7. The number of H-pyrrole nitrogens is 1. The van der Waals surface area contributed by atoms with Gasteiger partial charge in [0.1, 0.15) is 0 Å². The van der Waals surface area contributed by atoms with Crippen molar-refractivity contribution in [1.29, 1.82) is 0 Å². The monoisotopic (exact) mass is 243 g/mol. The van der Waals surface area contributed by atoms with Crippen LogP contribution in [0.5, 0.6) is 0 Å². The topological polar surface area (TPSA) is 40.7 Å². The molecule has 96 valence electrons. The summed E-state index contributed by atoms with van der Waals surface area (Å²) >= 11 is 0. The van der Waals surface area contributed by atoms with Crippen LogP contribution in [0.4, 0.5) is 0 Å². The lowest BCUT2D eigenvalue weighted by Gasteiger charge is -2.14. The van der Waals surface area contributed by atoms with Gasteiger partial charge in [-0.2, -0.15) is 5.10 Å². The second kappa shape index (κ2) is 5.36. The van der Waals surface area contributed by atoms with E-state index in [4.69, 9.17) is 0 Å². The molecule has 1 aromatic heterocycles. The maximum atomic E-state index is 4.21. The smallest absolute Gasteiger partial charge is 0.0638 e. The zero-order chi connectivity index (χ0) is 13.1. The van der Waals surface area contributed by atoms with E-state index in [1.807, 2.05) is 6.92 Å². The third kappa shape index (κ3) is 2.79. The predicted octanol–water partition coefficient (Wildman–Crippen LogP) is 3.19. The molecule has 1 unspecified atom stereocenters. The van der Waals surface area contributed by atoms with Gasteiger partial charge in [-0.3, -0.25) is 5.10 Å². The lowest BCUT2D eigenvalue weighted by Crippen LogP contribution is -2.18. The zero-order valence-electron chi connectivity index (χ0n) is 11.5. The highest BCUT2D eigenvalue weighted by atomic mass is 15.1. The summed E-state index contributed by atoms with van der Waals surface area (Å²) in [6.07, 6.45) is 0. The van der Waals surface area contributed by atoms with Crippen LogP contribution < -0.4 is 5.32 Å². The Morgan fingerprint density at radius 1 is 1.17 bits per heavy atom. The molecule has 3 heteroatoms. The fourth-order valence-electron chi connectivity index (χ4n) is 2.06. The molecule has 1 heterocycles. The molecule has 3 nitrogen and oxygen atoms in total. The van der Waals surface area contributed by atoms with Gasteiger partial charge in [0.05, 0.1) is 5.69 Å². The Morgan fingerprint density at radius 2 is 1.83 bits per heavy atom. The first-order valence-corrected chi connectivity index (χ1v) is 6.38. The van der Waals surface area contributed by atoms with Crippen LogP contribution in [-0.4, -0.2) is 10.2 Å². The highest BCUT2D eigenvalue weighted by molar-refractivity contribution is 5.25. The van der Waals surface area contributed by atoms with Crippen LogP contribution in [0.2, 0.25) is 0 Å². The molecule has 0 radical (unpaired) electrons. The average molecular weight is 243 g/mol. The minimum Gasteiger partial charge on any atom is -0.306 e. The standard InChI is InChI=1S/C15H21N3/c1-10-5-7-14(8-6-10)11(2)16-9-15-12(3)17-18-13(15)4/h5-8,11,16H,9H2,1-4H3,(H,17,18). The van der Waals surface area contributed by atoms with Gasteiger partial charge < -0.3 is 5.32 Å². The summed E-state index contributed by atoms with van der Waals surface area (Å²) in [5.41, 5.74) is 6.12. The van der Waals surface area contributed by atoms with E-state index in [0.717, 1.165) is 17.9 Å². The Morgan fingerprint density at radius 3 is 2.39 bits per heavy atom. The van der Waals surface area contributed by atoms with Crippen LogP contribution in [-0.2, 0) is 6.54 Å². The largest absolute Gasteiger partial charge is 0.306 e. The number of aromatic amines is 1. The molecule has 2 N–H and O–H groups in total. The van der Waals surface area contributed by atoms with Crippen molar-refractivity contribution in [3.63, 3.8) is 0 Å². The van der Waals surface area contributed by atoms with Gasteiger partial charge in [0.2, 0.25) is 0 Å². The summed E-state index contributed by atoms with van der Waals surface area (Å²) in [5, 5.41) is 10.8. The first-order valence-electron chi connectivity index (χ1n) is 6.38. The van der Waals surface area contributed by atoms with Crippen molar-refractivity contribution >= 4 is 0 Å². The van der Waals surface area contributed by atoms with Crippen molar-refractivity contribution in [2.24, 2.45) is 0 Å². The van der Waals surface area contributed by atoms with Gasteiger partial charge in [-0.25, -0.2) is 0 Å². The number of hydrogen-bond donors (Lipinski definition) is 2. The number of nitrogens with zero attached hydrogens (tertiary/aromatic N) is 1. The lowest BCUT2D eigenvalue weighted by atomic mass is 10.1. The van der Waals surface area contributed by atoms with Gasteiger partial charge in [0, 0.05) is 23.8 Å². The molecule has 18 heavy (non-hydrogen) atoms. The van der Waals surface area contributed by atoms with E-state index >= 15 is 0 Å². The Kier molecular flexibility index (Phi) is 3.82. The molecule has 0 aliphatic rings. The molecule has 0 spiro atoms. The van der Waals surface area contributed by atoms with Gasteiger partial charge in [-0.1, -0.05) is 29.8 Å². The highest BCUT2D eigenvalue weighted by Gasteiger charge is 2.09. The van der Waals surface area contributed by atoms with Crippen LogP contribution >= 0.6 is 0 Å². The molecule has 0 fully saturated rings. The summed E-state index contributed by atoms with van der Waals surface area (Å²) in [4.78, 5) is 0. The van der Waals surface area contributed by atoms with E-state index in [0.29, 0.717) is 6.04 Å². The van der Waals surface area contributed by atoms with Crippen molar-refractivity contribution in [3.8, 4) is 0 Å². The van der Waals surface area contributed by atoms with Crippen molar-refractivity contribution in [1.82, 2.24) is 15.5 Å². The molecule has 2 aromatic rings. The van der Waals surface area contributed by atoms with Crippen molar-refractivity contribution < 1.29 is 0 Å². The minimum atomic E-state index is 0.347. The first-order chi connectivity index (χ1) is 8.58. The number of aromatic nitrogens is 2. The average Bonchev–Trinajstić information content (AvgIpc) is 2.67. The van der Waals surface area contributed by atoms with Crippen molar-refractivity contribution in [2.45, 2.75) is 40.3 Å². The molecule has 1 aromatic carbocycles. The third-order valence-electron chi connectivity index (χ3n) is 3.44. The molecule has 1 atom stereocenters. The van der Waals surface area contributed by atoms with Gasteiger partial charge in [-0.05, 0) is 33.3 Å². The SMILES string of the molecule is Cc1ccc(C(C)NCc2c(C)n[nH]c2C)cc1. The van der Waals surface area contributed by atoms with Crippen molar-refractivity contribution in [3.05, 3.63) is 52.3 Å². The van der Waals surface area contributed by atoms with Gasteiger partial charge in [0.15, 0.2) is 0 Å².